The number of hydrogen-bond donors (Lipinski definition) is 2. The zero-order valence-electron chi connectivity index (χ0n) is 11.1. The average Bonchev–Trinajstić information content (AvgIpc) is 2.72. The lowest BCUT2D eigenvalue weighted by Gasteiger charge is -2.29. The Balaban J connectivity index is 2.41. The monoisotopic (exact) mass is 242 g/mol. The van der Waals surface area contributed by atoms with Gasteiger partial charge in [-0.3, -0.25) is 4.79 Å². The molecule has 0 spiro atoms. The number of nitrogens with two attached hydrogens (primary N) is 1. The van der Waals surface area contributed by atoms with Crippen molar-refractivity contribution < 1.29 is 9.90 Å². The highest BCUT2D eigenvalue weighted by Crippen LogP contribution is 2.30. The van der Waals surface area contributed by atoms with E-state index >= 15 is 0 Å². The number of aliphatic hydroxyl groups is 1. The fourth-order valence-electron chi connectivity index (χ4n) is 2.52. The summed E-state index contributed by atoms with van der Waals surface area (Å²) in [7, 11) is 1.78. The van der Waals surface area contributed by atoms with E-state index in [1.165, 1.54) is 0 Å². The predicted octanol–water partition coefficient (Wildman–Crippen LogP) is 1.12. The van der Waals surface area contributed by atoms with Crippen LogP contribution in [0.2, 0.25) is 0 Å². The number of carbonyl (C=O) groups excluding carboxylic acids is 1. The highest BCUT2D eigenvalue weighted by atomic mass is 16.3. The Morgan fingerprint density at radius 3 is 2.53 bits per heavy atom. The van der Waals surface area contributed by atoms with E-state index < -0.39 is 5.60 Å². The SMILES string of the molecule is CCC(CN)CC(=O)N(C)CC1(O)CCCC1. The van der Waals surface area contributed by atoms with Gasteiger partial charge in [0.05, 0.1) is 5.60 Å². The first-order valence-electron chi connectivity index (χ1n) is 6.67. The molecule has 3 N–H and O–H groups in total. The van der Waals surface area contributed by atoms with Crippen molar-refractivity contribution >= 4 is 5.91 Å². The van der Waals surface area contributed by atoms with Gasteiger partial charge in [0.15, 0.2) is 0 Å². The smallest absolute Gasteiger partial charge is 0.222 e. The zero-order chi connectivity index (χ0) is 12.9. The third-order valence-electron chi connectivity index (χ3n) is 3.87. The molecular formula is C13H26N2O2. The van der Waals surface area contributed by atoms with Crippen molar-refractivity contribution in [2.75, 3.05) is 20.1 Å². The molecule has 0 bridgehead atoms. The van der Waals surface area contributed by atoms with Crippen LogP contribution in [0.5, 0.6) is 0 Å². The molecule has 1 fully saturated rings. The summed E-state index contributed by atoms with van der Waals surface area (Å²) >= 11 is 0. The Morgan fingerprint density at radius 1 is 1.47 bits per heavy atom. The average molecular weight is 242 g/mol. The largest absolute Gasteiger partial charge is 0.388 e. The van der Waals surface area contributed by atoms with Crippen molar-refractivity contribution in [3.63, 3.8) is 0 Å². The molecule has 4 nitrogen and oxygen atoms in total. The standard InChI is InChI=1S/C13H26N2O2/c1-3-11(9-14)8-12(16)15(2)10-13(17)6-4-5-7-13/h11,17H,3-10,14H2,1-2H3. The Bertz CT molecular complexity index is 246. The molecule has 1 aliphatic rings. The van der Waals surface area contributed by atoms with Crippen LogP contribution in [0.25, 0.3) is 0 Å². The van der Waals surface area contributed by atoms with E-state index in [0.717, 1.165) is 32.1 Å². The predicted molar refractivity (Wildman–Crippen MR) is 68.5 cm³/mol. The normalized spacial score (nSPS) is 20.2. The molecule has 1 unspecified atom stereocenters. The summed E-state index contributed by atoms with van der Waals surface area (Å²) in [5.74, 6) is 0.366. The fraction of sp³-hybridized carbons (Fsp3) is 0.923. The summed E-state index contributed by atoms with van der Waals surface area (Å²) in [5.41, 5.74) is 4.96. The van der Waals surface area contributed by atoms with Crippen molar-refractivity contribution in [2.45, 2.75) is 51.0 Å². The maximum absolute atomic E-state index is 12.0. The van der Waals surface area contributed by atoms with Crippen LogP contribution < -0.4 is 5.73 Å². The van der Waals surface area contributed by atoms with Crippen LogP contribution >= 0.6 is 0 Å². The van der Waals surface area contributed by atoms with Crippen molar-refractivity contribution in [3.05, 3.63) is 0 Å². The highest BCUT2D eigenvalue weighted by Gasteiger charge is 2.33. The first-order chi connectivity index (χ1) is 8.00. The molecule has 4 heteroatoms. The van der Waals surface area contributed by atoms with Gasteiger partial charge in [0, 0.05) is 20.0 Å². The van der Waals surface area contributed by atoms with E-state index in [4.69, 9.17) is 5.73 Å². The number of carbonyl (C=O) groups is 1. The van der Waals surface area contributed by atoms with Gasteiger partial charge in [0.1, 0.15) is 0 Å². The molecule has 1 atom stereocenters. The lowest BCUT2D eigenvalue weighted by Crippen LogP contribution is -2.42. The van der Waals surface area contributed by atoms with Gasteiger partial charge in [-0.15, -0.1) is 0 Å². The van der Waals surface area contributed by atoms with Crippen molar-refractivity contribution in [2.24, 2.45) is 11.7 Å². The van der Waals surface area contributed by atoms with Gasteiger partial charge < -0.3 is 15.7 Å². The van der Waals surface area contributed by atoms with E-state index in [2.05, 4.69) is 6.92 Å². The van der Waals surface area contributed by atoms with Crippen molar-refractivity contribution in [1.82, 2.24) is 4.90 Å². The minimum atomic E-state index is -0.644. The molecule has 0 radical (unpaired) electrons. The second-order valence-electron chi connectivity index (χ2n) is 5.40. The molecule has 0 aliphatic heterocycles. The maximum atomic E-state index is 12.0. The summed E-state index contributed by atoms with van der Waals surface area (Å²) in [4.78, 5) is 13.6. The summed E-state index contributed by atoms with van der Waals surface area (Å²) in [5, 5.41) is 10.2. The summed E-state index contributed by atoms with van der Waals surface area (Å²) in [6.07, 6.45) is 5.20. The number of nitrogens with zero attached hydrogens (tertiary/aromatic N) is 1. The minimum absolute atomic E-state index is 0.0997. The lowest BCUT2D eigenvalue weighted by atomic mass is 9.99. The van der Waals surface area contributed by atoms with Crippen LogP contribution in [0.15, 0.2) is 0 Å². The molecule has 0 aromatic heterocycles. The number of rotatable bonds is 6. The van der Waals surface area contributed by atoms with E-state index in [0.29, 0.717) is 19.5 Å². The van der Waals surface area contributed by atoms with Gasteiger partial charge in [-0.2, -0.15) is 0 Å². The lowest BCUT2D eigenvalue weighted by molar-refractivity contribution is -0.134. The quantitative estimate of drug-likeness (QED) is 0.733. The van der Waals surface area contributed by atoms with Crippen LogP contribution in [0.1, 0.15) is 45.4 Å². The van der Waals surface area contributed by atoms with Crippen LogP contribution in [-0.4, -0.2) is 41.7 Å². The minimum Gasteiger partial charge on any atom is -0.388 e. The second-order valence-corrected chi connectivity index (χ2v) is 5.40. The van der Waals surface area contributed by atoms with Crippen LogP contribution in [0.3, 0.4) is 0 Å². The van der Waals surface area contributed by atoms with Crippen molar-refractivity contribution in [3.8, 4) is 0 Å². The topological polar surface area (TPSA) is 66.6 Å². The Hall–Kier alpha value is -0.610. The van der Waals surface area contributed by atoms with Crippen molar-refractivity contribution in [1.29, 1.82) is 0 Å². The summed E-state index contributed by atoms with van der Waals surface area (Å²) in [6, 6.07) is 0. The van der Waals surface area contributed by atoms with Gasteiger partial charge >= 0.3 is 0 Å². The molecule has 0 aromatic rings. The molecular weight excluding hydrogens is 216 g/mol. The fourth-order valence-corrected chi connectivity index (χ4v) is 2.52. The Kier molecular flexibility index (Phi) is 5.40. The molecule has 1 amide bonds. The molecule has 0 heterocycles. The Labute approximate surface area is 104 Å². The van der Waals surface area contributed by atoms with Gasteiger partial charge in [0.25, 0.3) is 0 Å². The first kappa shape index (κ1) is 14.5. The van der Waals surface area contributed by atoms with E-state index in [9.17, 15) is 9.90 Å². The molecule has 17 heavy (non-hydrogen) atoms. The van der Waals surface area contributed by atoms with Crippen LogP contribution in [-0.2, 0) is 4.79 Å². The zero-order valence-corrected chi connectivity index (χ0v) is 11.1. The third kappa shape index (κ3) is 4.28. The van der Waals surface area contributed by atoms with Crippen LogP contribution in [0.4, 0.5) is 0 Å². The first-order valence-corrected chi connectivity index (χ1v) is 6.67. The maximum Gasteiger partial charge on any atom is 0.222 e. The van der Waals surface area contributed by atoms with Gasteiger partial charge in [-0.1, -0.05) is 26.2 Å². The summed E-state index contributed by atoms with van der Waals surface area (Å²) in [6.45, 7) is 3.07. The molecule has 1 saturated carbocycles. The molecule has 0 saturated heterocycles. The Morgan fingerprint density at radius 2 is 2.06 bits per heavy atom. The van der Waals surface area contributed by atoms with Gasteiger partial charge in [-0.05, 0) is 25.3 Å². The van der Waals surface area contributed by atoms with E-state index in [-0.39, 0.29) is 11.8 Å². The molecule has 100 valence electrons. The van der Waals surface area contributed by atoms with Gasteiger partial charge in [-0.25, -0.2) is 0 Å². The number of likely N-dealkylation sites (N-methyl/N-ethyl adjacent to an activating group) is 1. The molecule has 0 aromatic carbocycles. The van der Waals surface area contributed by atoms with Crippen LogP contribution in [0, 0.1) is 5.92 Å². The molecule has 1 aliphatic carbocycles. The van der Waals surface area contributed by atoms with Gasteiger partial charge in [0.2, 0.25) is 5.91 Å². The molecule has 1 rings (SSSR count). The van der Waals surface area contributed by atoms with E-state index in [1.54, 1.807) is 11.9 Å². The number of hydrogen-bond acceptors (Lipinski definition) is 3. The summed E-state index contributed by atoms with van der Waals surface area (Å²) < 4.78 is 0. The third-order valence-corrected chi connectivity index (χ3v) is 3.87. The second kappa shape index (κ2) is 6.36. The van der Waals surface area contributed by atoms with E-state index in [1.807, 2.05) is 0 Å². The number of amides is 1. The highest BCUT2D eigenvalue weighted by molar-refractivity contribution is 5.76.